The lowest BCUT2D eigenvalue weighted by molar-refractivity contribution is 0.545. The van der Waals surface area contributed by atoms with Gasteiger partial charge in [0.15, 0.2) is 0 Å². The molecule has 1 rings (SSSR count). The Kier molecular flexibility index (Phi) is 3.46. The van der Waals surface area contributed by atoms with Crippen LogP contribution >= 0.6 is 0 Å². The van der Waals surface area contributed by atoms with E-state index >= 15 is 0 Å². The average molecular weight is 220 g/mol. The highest BCUT2D eigenvalue weighted by Crippen LogP contribution is 2.32. The molecule has 0 aliphatic rings. The van der Waals surface area contributed by atoms with Crippen molar-refractivity contribution in [2.75, 3.05) is 0 Å². The molecule has 2 nitrogen and oxygen atoms in total. The maximum absolute atomic E-state index is 6.26. The summed E-state index contributed by atoms with van der Waals surface area (Å²) in [6, 6.07) is 0. The highest BCUT2D eigenvalue weighted by molar-refractivity contribution is 5.52. The molecule has 2 heteroatoms. The van der Waals surface area contributed by atoms with E-state index in [1.165, 1.54) is 33.4 Å². The van der Waals surface area contributed by atoms with Gasteiger partial charge in [0.1, 0.15) is 0 Å². The first-order valence-electron chi connectivity index (χ1n) is 5.80. The summed E-state index contributed by atoms with van der Waals surface area (Å²) < 4.78 is 0. The van der Waals surface area contributed by atoms with E-state index in [1.54, 1.807) is 0 Å². The Labute approximate surface area is 99.0 Å². The molecule has 0 bridgehead atoms. The standard InChI is InChI=1S/C14H24N2/c1-8-10(3)13(14(5,6)16)11(4)9(2)12(8)7-15/h7,15-16H2,1-6H3. The van der Waals surface area contributed by atoms with E-state index in [9.17, 15) is 0 Å². The van der Waals surface area contributed by atoms with Crippen LogP contribution in [0.15, 0.2) is 0 Å². The van der Waals surface area contributed by atoms with E-state index in [0.29, 0.717) is 6.54 Å². The highest BCUT2D eigenvalue weighted by Gasteiger charge is 2.23. The molecular weight excluding hydrogens is 196 g/mol. The van der Waals surface area contributed by atoms with Crippen LogP contribution in [0.4, 0.5) is 0 Å². The lowest BCUT2D eigenvalue weighted by atomic mass is 9.81. The zero-order valence-electron chi connectivity index (χ0n) is 11.4. The van der Waals surface area contributed by atoms with Gasteiger partial charge in [-0.15, -0.1) is 0 Å². The second-order valence-corrected chi connectivity index (χ2v) is 5.28. The molecule has 0 amide bonds. The van der Waals surface area contributed by atoms with Gasteiger partial charge in [-0.3, -0.25) is 0 Å². The molecule has 0 heterocycles. The summed E-state index contributed by atoms with van der Waals surface area (Å²) in [6.45, 7) is 13.3. The number of hydrogen-bond acceptors (Lipinski definition) is 2. The molecule has 0 radical (unpaired) electrons. The van der Waals surface area contributed by atoms with Crippen LogP contribution in [0.1, 0.15) is 47.2 Å². The van der Waals surface area contributed by atoms with Crippen molar-refractivity contribution in [2.24, 2.45) is 11.5 Å². The summed E-state index contributed by atoms with van der Waals surface area (Å²) >= 11 is 0. The molecule has 0 saturated carbocycles. The number of hydrogen-bond donors (Lipinski definition) is 2. The third-order valence-electron chi connectivity index (χ3n) is 3.63. The van der Waals surface area contributed by atoms with Crippen LogP contribution in [-0.4, -0.2) is 0 Å². The van der Waals surface area contributed by atoms with Crippen molar-refractivity contribution in [1.82, 2.24) is 0 Å². The molecule has 0 aliphatic carbocycles. The van der Waals surface area contributed by atoms with E-state index in [-0.39, 0.29) is 5.54 Å². The fourth-order valence-electron chi connectivity index (χ4n) is 2.66. The van der Waals surface area contributed by atoms with Crippen molar-refractivity contribution >= 4 is 0 Å². The summed E-state index contributed by atoms with van der Waals surface area (Å²) in [4.78, 5) is 0. The van der Waals surface area contributed by atoms with Crippen LogP contribution in [-0.2, 0) is 12.1 Å². The van der Waals surface area contributed by atoms with Crippen LogP contribution < -0.4 is 11.5 Å². The van der Waals surface area contributed by atoms with Crippen molar-refractivity contribution in [3.05, 3.63) is 33.4 Å². The number of rotatable bonds is 2. The third-order valence-corrected chi connectivity index (χ3v) is 3.63. The summed E-state index contributed by atoms with van der Waals surface area (Å²) in [5.74, 6) is 0. The van der Waals surface area contributed by atoms with E-state index in [4.69, 9.17) is 11.5 Å². The maximum Gasteiger partial charge on any atom is 0.0357 e. The van der Waals surface area contributed by atoms with E-state index in [0.717, 1.165) is 0 Å². The molecule has 1 aromatic rings. The van der Waals surface area contributed by atoms with Gasteiger partial charge in [-0.2, -0.15) is 0 Å². The fourth-order valence-corrected chi connectivity index (χ4v) is 2.66. The molecule has 90 valence electrons. The molecule has 0 aliphatic heterocycles. The summed E-state index contributed by atoms with van der Waals surface area (Å²) in [7, 11) is 0. The monoisotopic (exact) mass is 220 g/mol. The van der Waals surface area contributed by atoms with E-state index in [1.807, 2.05) is 0 Å². The minimum atomic E-state index is -0.295. The lowest BCUT2D eigenvalue weighted by Gasteiger charge is -2.28. The van der Waals surface area contributed by atoms with Crippen molar-refractivity contribution in [2.45, 2.75) is 53.6 Å². The summed E-state index contributed by atoms with van der Waals surface area (Å²) in [6.07, 6.45) is 0. The molecule has 0 saturated heterocycles. The van der Waals surface area contributed by atoms with Gasteiger partial charge < -0.3 is 11.5 Å². The number of benzene rings is 1. The first-order chi connectivity index (χ1) is 7.21. The van der Waals surface area contributed by atoms with E-state index < -0.39 is 0 Å². The number of nitrogens with two attached hydrogens (primary N) is 2. The maximum atomic E-state index is 6.26. The molecule has 4 N–H and O–H groups in total. The van der Waals surface area contributed by atoms with E-state index in [2.05, 4.69) is 41.5 Å². The predicted octanol–water partition coefficient (Wildman–Crippen LogP) is 2.57. The first kappa shape index (κ1) is 13.2. The fraction of sp³-hybridized carbons (Fsp3) is 0.571. The average Bonchev–Trinajstić information content (AvgIpc) is 2.14. The Morgan fingerprint density at radius 3 is 1.50 bits per heavy atom. The Morgan fingerprint density at radius 1 is 0.875 bits per heavy atom. The second-order valence-electron chi connectivity index (χ2n) is 5.28. The van der Waals surface area contributed by atoms with Gasteiger partial charge in [-0.1, -0.05) is 0 Å². The van der Waals surface area contributed by atoms with Gasteiger partial charge in [0.05, 0.1) is 0 Å². The SMILES string of the molecule is Cc1c(C)c(C(C)(C)N)c(C)c(C)c1CN. The predicted molar refractivity (Wildman–Crippen MR) is 70.5 cm³/mol. The molecular formula is C14H24N2. The molecule has 0 aromatic heterocycles. The van der Waals surface area contributed by atoms with Crippen LogP contribution in [0, 0.1) is 27.7 Å². The smallest absolute Gasteiger partial charge is 0.0357 e. The zero-order valence-corrected chi connectivity index (χ0v) is 11.4. The van der Waals surface area contributed by atoms with Gasteiger partial charge in [0, 0.05) is 12.1 Å². The highest BCUT2D eigenvalue weighted by atomic mass is 14.7. The van der Waals surface area contributed by atoms with Crippen molar-refractivity contribution < 1.29 is 0 Å². The minimum absolute atomic E-state index is 0.295. The van der Waals surface area contributed by atoms with Gasteiger partial charge in [0.25, 0.3) is 0 Å². The first-order valence-corrected chi connectivity index (χ1v) is 5.80. The summed E-state index contributed by atoms with van der Waals surface area (Å²) in [5, 5.41) is 0. The van der Waals surface area contributed by atoms with Gasteiger partial charge in [0.2, 0.25) is 0 Å². The van der Waals surface area contributed by atoms with Crippen molar-refractivity contribution in [1.29, 1.82) is 0 Å². The molecule has 0 unspecified atom stereocenters. The summed E-state index contributed by atoms with van der Waals surface area (Å²) in [5.41, 5.74) is 19.5. The van der Waals surface area contributed by atoms with Crippen LogP contribution in [0.25, 0.3) is 0 Å². The van der Waals surface area contributed by atoms with Gasteiger partial charge in [-0.25, -0.2) is 0 Å². The molecule has 1 aromatic carbocycles. The Morgan fingerprint density at radius 2 is 1.25 bits per heavy atom. The van der Waals surface area contributed by atoms with Crippen LogP contribution in [0.2, 0.25) is 0 Å². The lowest BCUT2D eigenvalue weighted by Crippen LogP contribution is -2.31. The topological polar surface area (TPSA) is 52.0 Å². The molecule has 0 atom stereocenters. The largest absolute Gasteiger partial charge is 0.326 e. The Balaban J connectivity index is 3.67. The van der Waals surface area contributed by atoms with Crippen molar-refractivity contribution in [3.63, 3.8) is 0 Å². The molecule has 0 fully saturated rings. The van der Waals surface area contributed by atoms with Gasteiger partial charge >= 0.3 is 0 Å². The van der Waals surface area contributed by atoms with Gasteiger partial charge in [-0.05, 0) is 74.9 Å². The molecule has 16 heavy (non-hydrogen) atoms. The van der Waals surface area contributed by atoms with Crippen molar-refractivity contribution in [3.8, 4) is 0 Å². The second kappa shape index (κ2) is 4.19. The normalized spacial score (nSPS) is 12.0. The quantitative estimate of drug-likeness (QED) is 0.805. The molecule has 0 spiro atoms. The van der Waals surface area contributed by atoms with Crippen LogP contribution in [0.3, 0.4) is 0 Å². The third kappa shape index (κ3) is 2.00. The zero-order chi connectivity index (χ0) is 12.7. The Hall–Kier alpha value is -0.860. The minimum Gasteiger partial charge on any atom is -0.326 e. The Bertz CT molecular complexity index is 383. The van der Waals surface area contributed by atoms with Crippen LogP contribution in [0.5, 0.6) is 0 Å².